The Morgan fingerprint density at radius 3 is 2.66 bits per heavy atom. The minimum absolute atomic E-state index is 0.0778. The van der Waals surface area contributed by atoms with E-state index >= 15 is 0 Å². The summed E-state index contributed by atoms with van der Waals surface area (Å²) < 4.78 is 10.2. The molecule has 3 amide bonds. The van der Waals surface area contributed by atoms with Crippen molar-refractivity contribution in [3.63, 3.8) is 0 Å². The molecule has 0 saturated carbocycles. The van der Waals surface area contributed by atoms with Crippen molar-refractivity contribution >= 4 is 58.1 Å². The van der Waals surface area contributed by atoms with Crippen molar-refractivity contribution < 1.29 is 28.7 Å². The number of carbonyl (C=O) groups excluding carboxylic acids is 4. The first kappa shape index (κ1) is 23.4. The number of rotatable bonds is 7. The number of nitrogens with one attached hydrogen (secondary N) is 1. The zero-order chi connectivity index (χ0) is 23.3. The van der Waals surface area contributed by atoms with Crippen molar-refractivity contribution in [2.45, 2.75) is 6.92 Å². The number of imide groups is 1. The highest BCUT2D eigenvalue weighted by Gasteiger charge is 2.36. The topological polar surface area (TPSA) is 102 Å². The van der Waals surface area contributed by atoms with Gasteiger partial charge in [0.05, 0.1) is 29.2 Å². The van der Waals surface area contributed by atoms with Crippen molar-refractivity contribution in [3.05, 3.63) is 63.5 Å². The van der Waals surface area contributed by atoms with Crippen molar-refractivity contribution in [2.24, 2.45) is 0 Å². The monoisotopic (exact) mass is 474 g/mol. The average Bonchev–Trinajstić information content (AvgIpc) is 3.03. The number of hydrogen-bond donors (Lipinski definition) is 1. The normalized spacial score (nSPS) is 14.6. The first-order valence-electron chi connectivity index (χ1n) is 9.49. The van der Waals surface area contributed by atoms with Gasteiger partial charge >= 0.3 is 5.97 Å². The number of esters is 1. The molecule has 1 heterocycles. The van der Waals surface area contributed by atoms with E-state index in [0.717, 1.165) is 16.7 Å². The summed E-state index contributed by atoms with van der Waals surface area (Å²) >= 11 is 6.71. The standard InChI is InChI=1S/C22H19ClN2O6S/c1-3-31-17-7-5-4-6-13(17)10-18-20(27)25(22(29)32-18)12-19(26)24-14-8-9-16(23)15(11-14)21(28)30-2/h4-11H,3,12H2,1-2H3,(H,24,26)/b18-10+. The molecule has 1 aliphatic rings. The van der Waals surface area contributed by atoms with Crippen LogP contribution in [0.15, 0.2) is 47.4 Å². The van der Waals surface area contributed by atoms with Gasteiger partial charge in [-0.3, -0.25) is 19.3 Å². The summed E-state index contributed by atoms with van der Waals surface area (Å²) in [5, 5.41) is 2.15. The first-order valence-corrected chi connectivity index (χ1v) is 10.7. The number of anilines is 1. The minimum Gasteiger partial charge on any atom is -0.493 e. The number of thioether (sulfide) groups is 1. The molecule has 3 rings (SSSR count). The quantitative estimate of drug-likeness (QED) is 0.474. The molecular formula is C22H19ClN2O6S. The Morgan fingerprint density at radius 2 is 1.94 bits per heavy atom. The number of para-hydroxylation sites is 1. The third-order valence-electron chi connectivity index (χ3n) is 4.34. The molecule has 2 aromatic carbocycles. The Labute approximate surface area is 193 Å². The average molecular weight is 475 g/mol. The highest BCUT2D eigenvalue weighted by molar-refractivity contribution is 8.18. The summed E-state index contributed by atoms with van der Waals surface area (Å²) in [5.41, 5.74) is 1.00. The molecule has 1 saturated heterocycles. The molecule has 0 radical (unpaired) electrons. The number of halogens is 1. The van der Waals surface area contributed by atoms with E-state index in [2.05, 4.69) is 10.1 Å². The van der Waals surface area contributed by atoms with Crippen molar-refractivity contribution in [3.8, 4) is 5.75 Å². The maximum absolute atomic E-state index is 12.7. The molecule has 166 valence electrons. The molecule has 0 atom stereocenters. The highest BCUT2D eigenvalue weighted by atomic mass is 35.5. The van der Waals surface area contributed by atoms with Crippen LogP contribution in [0.4, 0.5) is 10.5 Å². The second kappa shape index (κ2) is 10.3. The Kier molecular flexibility index (Phi) is 7.55. The van der Waals surface area contributed by atoms with Crippen LogP contribution in [0.2, 0.25) is 5.02 Å². The maximum Gasteiger partial charge on any atom is 0.339 e. The van der Waals surface area contributed by atoms with Crippen LogP contribution in [0, 0.1) is 0 Å². The molecule has 10 heteroatoms. The van der Waals surface area contributed by atoms with E-state index in [-0.39, 0.29) is 21.2 Å². The maximum atomic E-state index is 12.7. The zero-order valence-electron chi connectivity index (χ0n) is 17.2. The minimum atomic E-state index is -0.658. The first-order chi connectivity index (χ1) is 15.3. The predicted octanol–water partition coefficient (Wildman–Crippen LogP) is 4.20. The van der Waals surface area contributed by atoms with Crippen LogP contribution in [0.5, 0.6) is 5.75 Å². The molecule has 32 heavy (non-hydrogen) atoms. The smallest absolute Gasteiger partial charge is 0.339 e. The van der Waals surface area contributed by atoms with Crippen LogP contribution in [0.25, 0.3) is 6.08 Å². The number of methoxy groups -OCH3 is 1. The molecule has 0 bridgehead atoms. The molecule has 2 aromatic rings. The largest absolute Gasteiger partial charge is 0.493 e. The third kappa shape index (κ3) is 5.30. The van der Waals surface area contributed by atoms with Gasteiger partial charge in [-0.2, -0.15) is 0 Å². The van der Waals surface area contributed by atoms with Gasteiger partial charge in [-0.25, -0.2) is 4.79 Å². The molecule has 0 aliphatic carbocycles. The molecule has 0 aromatic heterocycles. The molecule has 0 unspecified atom stereocenters. The third-order valence-corrected chi connectivity index (χ3v) is 5.57. The fourth-order valence-corrected chi connectivity index (χ4v) is 3.90. The van der Waals surface area contributed by atoms with Gasteiger partial charge < -0.3 is 14.8 Å². The summed E-state index contributed by atoms with van der Waals surface area (Å²) in [7, 11) is 1.21. The molecular weight excluding hydrogens is 456 g/mol. The highest BCUT2D eigenvalue weighted by Crippen LogP contribution is 2.34. The number of hydrogen-bond acceptors (Lipinski definition) is 7. The van der Waals surface area contributed by atoms with Gasteiger partial charge in [-0.1, -0.05) is 29.8 Å². The fourth-order valence-electron chi connectivity index (χ4n) is 2.88. The zero-order valence-corrected chi connectivity index (χ0v) is 18.8. The molecule has 1 fully saturated rings. The molecule has 1 N–H and O–H groups in total. The fraction of sp³-hybridized carbons (Fsp3) is 0.182. The van der Waals surface area contributed by atoms with E-state index < -0.39 is 29.6 Å². The molecule has 8 nitrogen and oxygen atoms in total. The van der Waals surface area contributed by atoms with E-state index in [1.165, 1.54) is 25.3 Å². The van der Waals surface area contributed by atoms with Crippen LogP contribution in [-0.4, -0.2) is 48.2 Å². The summed E-state index contributed by atoms with van der Waals surface area (Å²) in [4.78, 5) is 50.3. The summed E-state index contributed by atoms with van der Waals surface area (Å²) in [6.45, 7) is 1.82. The van der Waals surface area contributed by atoms with Gasteiger partial charge in [-0.15, -0.1) is 0 Å². The van der Waals surface area contributed by atoms with E-state index in [1.807, 2.05) is 6.92 Å². The van der Waals surface area contributed by atoms with E-state index in [4.69, 9.17) is 16.3 Å². The van der Waals surface area contributed by atoms with Crippen LogP contribution in [-0.2, 0) is 14.3 Å². The van der Waals surface area contributed by atoms with E-state index in [9.17, 15) is 19.2 Å². The molecule has 1 aliphatic heterocycles. The Balaban J connectivity index is 1.72. The SMILES string of the molecule is CCOc1ccccc1/C=C1/SC(=O)N(CC(=O)Nc2ccc(Cl)c(C(=O)OC)c2)C1=O. The van der Waals surface area contributed by atoms with Gasteiger partial charge in [0.2, 0.25) is 5.91 Å². The number of nitrogens with zero attached hydrogens (tertiary/aromatic N) is 1. The summed E-state index contributed by atoms with van der Waals surface area (Å²) in [6.07, 6.45) is 1.57. The van der Waals surface area contributed by atoms with Crippen LogP contribution in [0.3, 0.4) is 0 Å². The van der Waals surface area contributed by atoms with Gasteiger partial charge in [0.1, 0.15) is 12.3 Å². The van der Waals surface area contributed by atoms with Crippen LogP contribution >= 0.6 is 23.4 Å². The van der Waals surface area contributed by atoms with E-state index in [0.29, 0.717) is 17.9 Å². The van der Waals surface area contributed by atoms with Gasteiger partial charge in [0.25, 0.3) is 11.1 Å². The number of ether oxygens (including phenoxy) is 2. The van der Waals surface area contributed by atoms with Gasteiger partial charge in [0.15, 0.2) is 0 Å². The lowest BCUT2D eigenvalue weighted by atomic mass is 10.2. The summed E-state index contributed by atoms with van der Waals surface area (Å²) in [6, 6.07) is 11.4. The molecule has 0 spiro atoms. The number of benzene rings is 2. The second-order valence-electron chi connectivity index (χ2n) is 6.47. The Hall–Kier alpha value is -3.30. The van der Waals surface area contributed by atoms with Crippen LogP contribution < -0.4 is 10.1 Å². The Morgan fingerprint density at radius 1 is 1.19 bits per heavy atom. The predicted molar refractivity (Wildman–Crippen MR) is 122 cm³/mol. The van der Waals surface area contributed by atoms with Crippen molar-refractivity contribution in [1.29, 1.82) is 0 Å². The van der Waals surface area contributed by atoms with E-state index in [1.54, 1.807) is 30.3 Å². The second-order valence-corrected chi connectivity index (χ2v) is 7.87. The van der Waals surface area contributed by atoms with Crippen molar-refractivity contribution in [2.75, 3.05) is 25.6 Å². The Bertz CT molecular complexity index is 1120. The lowest BCUT2D eigenvalue weighted by Gasteiger charge is -2.13. The van der Waals surface area contributed by atoms with Crippen molar-refractivity contribution in [1.82, 2.24) is 4.90 Å². The van der Waals surface area contributed by atoms with Gasteiger partial charge in [0, 0.05) is 11.3 Å². The number of carbonyl (C=O) groups is 4. The van der Waals surface area contributed by atoms with Crippen LogP contribution in [0.1, 0.15) is 22.8 Å². The summed E-state index contributed by atoms with van der Waals surface area (Å²) in [5.74, 6) is -1.26. The lowest BCUT2D eigenvalue weighted by Crippen LogP contribution is -2.36. The van der Waals surface area contributed by atoms with Gasteiger partial charge in [-0.05, 0) is 49.0 Å². The lowest BCUT2D eigenvalue weighted by molar-refractivity contribution is -0.127. The number of amides is 3.